The molecule has 88 valence electrons. The molecule has 4 nitrogen and oxygen atoms in total. The molecule has 0 spiro atoms. The summed E-state index contributed by atoms with van der Waals surface area (Å²) >= 11 is 5.85. The van der Waals surface area contributed by atoms with Crippen LogP contribution >= 0.6 is 11.6 Å². The van der Waals surface area contributed by atoms with Crippen LogP contribution in [0.3, 0.4) is 0 Å². The van der Waals surface area contributed by atoms with Gasteiger partial charge in [0, 0.05) is 11.1 Å². The lowest BCUT2D eigenvalue weighted by Crippen LogP contribution is -2.35. The van der Waals surface area contributed by atoms with Crippen LogP contribution in [0.1, 0.15) is 13.8 Å². The van der Waals surface area contributed by atoms with Gasteiger partial charge in [-0.15, -0.1) is 0 Å². The summed E-state index contributed by atoms with van der Waals surface area (Å²) in [5.41, 5.74) is 0.456. The van der Waals surface area contributed by atoms with Crippen LogP contribution in [0.5, 0.6) is 5.75 Å². The van der Waals surface area contributed by atoms with Gasteiger partial charge in [-0.1, -0.05) is 11.6 Å². The predicted octanol–water partition coefficient (Wildman–Crippen LogP) is 3.24. The third kappa shape index (κ3) is 2.58. The number of carboxylic acid groups (broad SMARTS) is 1. The summed E-state index contributed by atoms with van der Waals surface area (Å²) in [5, 5.41) is 9.61. The maximum absolute atomic E-state index is 11.1. The van der Waals surface area contributed by atoms with E-state index in [-0.39, 0.29) is 6.04 Å². The van der Waals surface area contributed by atoms with Gasteiger partial charge in [0.1, 0.15) is 5.75 Å². The quantitative estimate of drug-likeness (QED) is 0.887. The van der Waals surface area contributed by atoms with Crippen LogP contribution in [-0.4, -0.2) is 24.4 Å². The molecule has 1 aromatic carbocycles. The van der Waals surface area contributed by atoms with Gasteiger partial charge in [-0.3, -0.25) is 4.90 Å². The van der Waals surface area contributed by atoms with E-state index in [2.05, 4.69) is 0 Å². The molecule has 5 heteroatoms. The van der Waals surface area contributed by atoms with Crippen LogP contribution in [-0.2, 0) is 0 Å². The zero-order valence-corrected chi connectivity index (χ0v) is 10.2. The second kappa shape index (κ2) is 5.07. The van der Waals surface area contributed by atoms with E-state index in [1.165, 1.54) is 12.0 Å². The molecule has 1 N–H and O–H groups in total. The topological polar surface area (TPSA) is 49.8 Å². The molecule has 0 radical (unpaired) electrons. The number of hydrogen-bond donors (Lipinski definition) is 1. The highest BCUT2D eigenvalue weighted by Gasteiger charge is 2.21. The van der Waals surface area contributed by atoms with Crippen LogP contribution in [0.25, 0.3) is 0 Å². The Morgan fingerprint density at radius 2 is 2.12 bits per heavy atom. The highest BCUT2D eigenvalue weighted by Crippen LogP contribution is 2.32. The van der Waals surface area contributed by atoms with Crippen molar-refractivity contribution in [2.75, 3.05) is 12.0 Å². The fourth-order valence-electron chi connectivity index (χ4n) is 1.45. The molecule has 0 saturated carbocycles. The number of halogens is 1. The van der Waals surface area contributed by atoms with Crippen molar-refractivity contribution in [1.29, 1.82) is 0 Å². The van der Waals surface area contributed by atoms with Crippen molar-refractivity contribution in [1.82, 2.24) is 0 Å². The van der Waals surface area contributed by atoms with Crippen LogP contribution in [0.4, 0.5) is 10.5 Å². The summed E-state index contributed by atoms with van der Waals surface area (Å²) in [6.07, 6.45) is -1.03. The van der Waals surface area contributed by atoms with Crippen LogP contribution < -0.4 is 9.64 Å². The number of nitrogens with zero attached hydrogens (tertiary/aromatic N) is 1. The minimum Gasteiger partial charge on any atom is -0.495 e. The molecule has 0 aliphatic heterocycles. The molecular formula is C11H14ClNO3. The zero-order valence-electron chi connectivity index (χ0n) is 9.40. The van der Waals surface area contributed by atoms with Crippen molar-refractivity contribution in [3.8, 4) is 5.75 Å². The minimum atomic E-state index is -1.03. The Labute approximate surface area is 99.4 Å². The predicted molar refractivity (Wildman–Crippen MR) is 63.6 cm³/mol. The molecule has 0 aliphatic carbocycles. The zero-order chi connectivity index (χ0) is 12.3. The fourth-order valence-corrected chi connectivity index (χ4v) is 1.62. The minimum absolute atomic E-state index is 0.190. The van der Waals surface area contributed by atoms with Gasteiger partial charge >= 0.3 is 6.09 Å². The lowest BCUT2D eigenvalue weighted by atomic mass is 10.2. The van der Waals surface area contributed by atoms with Crippen molar-refractivity contribution in [2.45, 2.75) is 19.9 Å². The first-order chi connectivity index (χ1) is 7.47. The number of carbonyl (C=O) groups is 1. The van der Waals surface area contributed by atoms with Crippen LogP contribution in [0.15, 0.2) is 18.2 Å². The summed E-state index contributed by atoms with van der Waals surface area (Å²) < 4.78 is 5.12. The van der Waals surface area contributed by atoms with E-state index in [1.807, 2.05) is 0 Å². The standard InChI is InChI=1S/C11H14ClNO3/c1-7(2)13(11(14)15)9-6-8(12)4-5-10(9)16-3/h4-7H,1-3H3,(H,14,15). The first kappa shape index (κ1) is 12.6. The van der Waals surface area contributed by atoms with Gasteiger partial charge < -0.3 is 9.84 Å². The second-order valence-corrected chi connectivity index (χ2v) is 4.00. The third-order valence-electron chi connectivity index (χ3n) is 2.12. The number of amides is 1. The highest BCUT2D eigenvalue weighted by atomic mass is 35.5. The number of hydrogen-bond acceptors (Lipinski definition) is 2. The van der Waals surface area contributed by atoms with Gasteiger partial charge in [-0.25, -0.2) is 4.79 Å². The van der Waals surface area contributed by atoms with Crippen LogP contribution in [0.2, 0.25) is 5.02 Å². The number of methoxy groups -OCH3 is 1. The maximum Gasteiger partial charge on any atom is 0.412 e. The molecule has 16 heavy (non-hydrogen) atoms. The van der Waals surface area contributed by atoms with Crippen molar-refractivity contribution in [2.24, 2.45) is 0 Å². The van der Waals surface area contributed by atoms with E-state index in [0.29, 0.717) is 16.5 Å². The molecule has 0 bridgehead atoms. The average Bonchev–Trinajstić information content (AvgIpc) is 2.17. The van der Waals surface area contributed by atoms with Crippen molar-refractivity contribution < 1.29 is 14.6 Å². The third-order valence-corrected chi connectivity index (χ3v) is 2.36. The summed E-state index contributed by atoms with van der Waals surface area (Å²) in [6.45, 7) is 3.57. The Morgan fingerprint density at radius 1 is 1.50 bits per heavy atom. The van der Waals surface area contributed by atoms with Crippen molar-refractivity contribution in [3.63, 3.8) is 0 Å². The first-order valence-electron chi connectivity index (χ1n) is 4.83. The monoisotopic (exact) mass is 243 g/mol. The Morgan fingerprint density at radius 3 is 2.56 bits per heavy atom. The van der Waals surface area contributed by atoms with E-state index >= 15 is 0 Å². The summed E-state index contributed by atoms with van der Waals surface area (Å²) in [6, 6.07) is 4.69. The molecule has 0 fully saturated rings. The molecule has 0 aliphatic rings. The molecule has 0 aromatic heterocycles. The van der Waals surface area contributed by atoms with Crippen molar-refractivity contribution >= 4 is 23.4 Å². The Balaban J connectivity index is 3.26. The maximum atomic E-state index is 11.1. The molecular weight excluding hydrogens is 230 g/mol. The largest absolute Gasteiger partial charge is 0.495 e. The lowest BCUT2D eigenvalue weighted by Gasteiger charge is -2.25. The lowest BCUT2D eigenvalue weighted by molar-refractivity contribution is 0.199. The SMILES string of the molecule is COc1ccc(Cl)cc1N(C(=O)O)C(C)C. The summed E-state index contributed by atoms with van der Waals surface area (Å²) in [7, 11) is 1.49. The Kier molecular flexibility index (Phi) is 4.01. The van der Waals surface area contributed by atoms with Gasteiger partial charge in [0.05, 0.1) is 12.8 Å². The number of rotatable bonds is 3. The van der Waals surface area contributed by atoms with Gasteiger partial charge in [0.15, 0.2) is 0 Å². The normalized spacial score (nSPS) is 10.3. The highest BCUT2D eigenvalue weighted by molar-refractivity contribution is 6.31. The molecule has 1 rings (SSSR count). The smallest absolute Gasteiger partial charge is 0.412 e. The van der Waals surface area contributed by atoms with Gasteiger partial charge in [-0.05, 0) is 32.0 Å². The number of anilines is 1. The van der Waals surface area contributed by atoms with Gasteiger partial charge in [0.2, 0.25) is 0 Å². The summed E-state index contributed by atoms with van der Waals surface area (Å²) in [4.78, 5) is 12.4. The number of benzene rings is 1. The molecule has 0 saturated heterocycles. The summed E-state index contributed by atoms with van der Waals surface area (Å²) in [5.74, 6) is 0.487. The van der Waals surface area contributed by atoms with Crippen molar-refractivity contribution in [3.05, 3.63) is 23.2 Å². The van der Waals surface area contributed by atoms with Gasteiger partial charge in [-0.2, -0.15) is 0 Å². The van der Waals surface area contributed by atoms with Gasteiger partial charge in [0.25, 0.3) is 0 Å². The molecule has 0 atom stereocenters. The van der Waals surface area contributed by atoms with E-state index in [9.17, 15) is 4.79 Å². The van der Waals surface area contributed by atoms with E-state index in [4.69, 9.17) is 21.4 Å². The number of ether oxygens (including phenoxy) is 1. The molecule has 1 amide bonds. The molecule has 0 heterocycles. The Bertz CT molecular complexity index is 393. The average molecular weight is 244 g/mol. The molecule has 0 unspecified atom stereocenters. The fraction of sp³-hybridized carbons (Fsp3) is 0.364. The first-order valence-corrected chi connectivity index (χ1v) is 5.21. The van der Waals surface area contributed by atoms with E-state index in [1.54, 1.807) is 32.0 Å². The van der Waals surface area contributed by atoms with E-state index < -0.39 is 6.09 Å². The van der Waals surface area contributed by atoms with E-state index in [0.717, 1.165) is 0 Å². The molecule has 1 aromatic rings. The Hall–Kier alpha value is -1.42. The van der Waals surface area contributed by atoms with Crippen LogP contribution in [0, 0.1) is 0 Å². The second-order valence-electron chi connectivity index (χ2n) is 3.56.